The van der Waals surface area contributed by atoms with Gasteiger partial charge < -0.3 is 5.32 Å². The molecule has 0 bridgehead atoms. The summed E-state index contributed by atoms with van der Waals surface area (Å²) in [7, 11) is 1.86. The lowest BCUT2D eigenvalue weighted by molar-refractivity contribution is -0.186. The fourth-order valence-electron chi connectivity index (χ4n) is 2.99. The van der Waals surface area contributed by atoms with Gasteiger partial charge in [-0.2, -0.15) is 13.2 Å². The first kappa shape index (κ1) is 15.5. The Morgan fingerprint density at radius 2 is 2.11 bits per heavy atom. The molecule has 1 aliphatic carbocycles. The van der Waals surface area contributed by atoms with E-state index < -0.39 is 12.1 Å². The van der Waals surface area contributed by atoms with Crippen molar-refractivity contribution in [3.05, 3.63) is 12.7 Å². The zero-order valence-electron chi connectivity index (χ0n) is 11.1. The van der Waals surface area contributed by atoms with Crippen LogP contribution in [0.3, 0.4) is 0 Å². The number of alkyl halides is 3. The lowest BCUT2D eigenvalue weighted by Crippen LogP contribution is -2.39. The summed E-state index contributed by atoms with van der Waals surface area (Å²) in [6.45, 7) is 3.67. The van der Waals surface area contributed by atoms with E-state index in [4.69, 9.17) is 0 Å². The summed E-state index contributed by atoms with van der Waals surface area (Å²) in [6.07, 6.45) is 2.96. The molecule has 0 aromatic heterocycles. The molecule has 0 saturated heterocycles. The molecule has 3 atom stereocenters. The molecule has 1 rings (SSSR count). The number of rotatable bonds is 6. The summed E-state index contributed by atoms with van der Waals surface area (Å²) in [4.78, 5) is 0. The van der Waals surface area contributed by atoms with Gasteiger partial charge in [-0.25, -0.2) is 0 Å². The molecule has 1 nitrogen and oxygen atoms in total. The third-order valence-electron chi connectivity index (χ3n) is 4.04. The van der Waals surface area contributed by atoms with Crippen molar-refractivity contribution in [2.75, 3.05) is 7.05 Å². The van der Waals surface area contributed by atoms with Crippen molar-refractivity contribution in [1.82, 2.24) is 5.32 Å². The molecule has 0 aromatic carbocycles. The highest BCUT2D eigenvalue weighted by Gasteiger charge is 2.43. The van der Waals surface area contributed by atoms with Crippen LogP contribution < -0.4 is 5.32 Å². The van der Waals surface area contributed by atoms with Crippen molar-refractivity contribution in [1.29, 1.82) is 0 Å². The summed E-state index contributed by atoms with van der Waals surface area (Å²) < 4.78 is 38.3. The summed E-state index contributed by atoms with van der Waals surface area (Å²) in [6, 6.07) is 0.218. The fraction of sp³-hybridized carbons (Fsp3) is 0.857. The van der Waals surface area contributed by atoms with E-state index in [1.54, 1.807) is 0 Å². The second-order valence-corrected chi connectivity index (χ2v) is 5.28. The lowest BCUT2D eigenvalue weighted by atomic mass is 9.76. The average molecular weight is 263 g/mol. The maximum Gasteiger partial charge on any atom is 0.391 e. The van der Waals surface area contributed by atoms with E-state index in [0.717, 1.165) is 25.7 Å². The second kappa shape index (κ2) is 7.17. The van der Waals surface area contributed by atoms with Gasteiger partial charge in [-0.3, -0.25) is 0 Å². The van der Waals surface area contributed by atoms with Crippen LogP contribution in [0.4, 0.5) is 13.2 Å². The van der Waals surface area contributed by atoms with Crippen molar-refractivity contribution in [3.8, 4) is 0 Å². The minimum atomic E-state index is -4.02. The standard InChI is InChI=1S/C14H24F3N/c1-3-4-5-9-13(18-2)11-7-6-8-12(10-11)14(15,16)17/h3,11-13,18H,1,4-10H2,2H3. The van der Waals surface area contributed by atoms with E-state index in [0.29, 0.717) is 19.3 Å². The van der Waals surface area contributed by atoms with Gasteiger partial charge in [-0.05, 0) is 51.5 Å². The van der Waals surface area contributed by atoms with Crippen LogP contribution in [0, 0.1) is 11.8 Å². The van der Waals surface area contributed by atoms with Crippen molar-refractivity contribution < 1.29 is 13.2 Å². The van der Waals surface area contributed by atoms with Gasteiger partial charge in [0.15, 0.2) is 0 Å². The molecule has 0 aromatic rings. The van der Waals surface area contributed by atoms with E-state index >= 15 is 0 Å². The predicted octanol–water partition coefficient (Wildman–Crippen LogP) is 4.30. The van der Waals surface area contributed by atoms with Gasteiger partial charge in [0.25, 0.3) is 0 Å². The van der Waals surface area contributed by atoms with Crippen molar-refractivity contribution in [2.24, 2.45) is 11.8 Å². The number of hydrogen-bond acceptors (Lipinski definition) is 1. The number of halogens is 3. The van der Waals surface area contributed by atoms with E-state index in [1.165, 1.54) is 0 Å². The molecular formula is C14H24F3N. The third kappa shape index (κ3) is 4.63. The monoisotopic (exact) mass is 263 g/mol. The molecule has 106 valence electrons. The van der Waals surface area contributed by atoms with Crippen molar-refractivity contribution in [3.63, 3.8) is 0 Å². The smallest absolute Gasteiger partial charge is 0.317 e. The molecule has 1 aliphatic rings. The number of hydrogen-bond donors (Lipinski definition) is 1. The topological polar surface area (TPSA) is 12.0 Å². The first-order valence-corrected chi connectivity index (χ1v) is 6.84. The molecule has 0 radical (unpaired) electrons. The first-order chi connectivity index (χ1) is 8.49. The summed E-state index contributed by atoms with van der Waals surface area (Å²) in [5.74, 6) is -0.924. The Kier molecular flexibility index (Phi) is 6.19. The maximum atomic E-state index is 12.8. The quantitative estimate of drug-likeness (QED) is 0.556. The molecule has 3 unspecified atom stereocenters. The molecule has 18 heavy (non-hydrogen) atoms. The minimum absolute atomic E-state index is 0.167. The van der Waals surface area contributed by atoms with Crippen LogP contribution in [0.1, 0.15) is 44.9 Å². The highest BCUT2D eigenvalue weighted by molar-refractivity contribution is 4.85. The molecule has 1 saturated carbocycles. The van der Waals surface area contributed by atoms with Gasteiger partial charge in [-0.1, -0.05) is 12.5 Å². The van der Waals surface area contributed by atoms with Crippen LogP contribution in [0.15, 0.2) is 12.7 Å². The third-order valence-corrected chi connectivity index (χ3v) is 4.04. The number of unbranched alkanes of at least 4 members (excludes halogenated alkanes) is 1. The Bertz CT molecular complexity index is 250. The Hall–Kier alpha value is -0.510. The molecule has 0 aliphatic heterocycles. The zero-order chi connectivity index (χ0) is 13.6. The Morgan fingerprint density at radius 1 is 1.39 bits per heavy atom. The first-order valence-electron chi connectivity index (χ1n) is 6.84. The van der Waals surface area contributed by atoms with Crippen LogP contribution >= 0.6 is 0 Å². The van der Waals surface area contributed by atoms with Crippen LogP contribution in [-0.4, -0.2) is 19.3 Å². The van der Waals surface area contributed by atoms with Gasteiger partial charge in [0.2, 0.25) is 0 Å². The van der Waals surface area contributed by atoms with Crippen molar-refractivity contribution in [2.45, 2.75) is 57.2 Å². The second-order valence-electron chi connectivity index (χ2n) is 5.28. The van der Waals surface area contributed by atoms with Gasteiger partial charge in [0.05, 0.1) is 5.92 Å². The van der Waals surface area contributed by atoms with E-state index in [-0.39, 0.29) is 12.0 Å². The van der Waals surface area contributed by atoms with Crippen LogP contribution in [-0.2, 0) is 0 Å². The maximum absolute atomic E-state index is 12.8. The predicted molar refractivity (Wildman–Crippen MR) is 68.4 cm³/mol. The van der Waals surface area contributed by atoms with Gasteiger partial charge in [-0.15, -0.1) is 6.58 Å². The van der Waals surface area contributed by atoms with Crippen LogP contribution in [0.25, 0.3) is 0 Å². The van der Waals surface area contributed by atoms with E-state index in [2.05, 4.69) is 11.9 Å². The van der Waals surface area contributed by atoms with Gasteiger partial charge in [0, 0.05) is 6.04 Å². The molecule has 0 amide bonds. The van der Waals surface area contributed by atoms with Gasteiger partial charge in [0.1, 0.15) is 0 Å². The average Bonchev–Trinajstić information content (AvgIpc) is 2.34. The number of allylic oxidation sites excluding steroid dienone is 1. The summed E-state index contributed by atoms with van der Waals surface area (Å²) in [5, 5.41) is 3.20. The zero-order valence-corrected chi connectivity index (χ0v) is 11.1. The van der Waals surface area contributed by atoms with Crippen LogP contribution in [0.5, 0.6) is 0 Å². The summed E-state index contributed by atoms with van der Waals surface area (Å²) >= 11 is 0. The Balaban J connectivity index is 2.49. The van der Waals surface area contributed by atoms with Crippen LogP contribution in [0.2, 0.25) is 0 Å². The molecule has 0 spiro atoms. The molecule has 0 heterocycles. The Labute approximate surface area is 108 Å². The molecule has 4 heteroatoms. The van der Waals surface area contributed by atoms with Gasteiger partial charge >= 0.3 is 6.18 Å². The molecule has 1 N–H and O–H groups in total. The number of nitrogens with one attached hydrogen (secondary N) is 1. The normalized spacial score (nSPS) is 26.9. The summed E-state index contributed by atoms with van der Waals surface area (Å²) in [5.41, 5.74) is 0. The lowest BCUT2D eigenvalue weighted by Gasteiger charge is -2.35. The molecular weight excluding hydrogens is 239 g/mol. The highest BCUT2D eigenvalue weighted by atomic mass is 19.4. The SMILES string of the molecule is C=CCCCC(NC)C1CCCC(C(F)(F)F)C1. The van der Waals surface area contributed by atoms with E-state index in [1.807, 2.05) is 13.1 Å². The minimum Gasteiger partial charge on any atom is -0.317 e. The molecule has 1 fully saturated rings. The van der Waals surface area contributed by atoms with E-state index in [9.17, 15) is 13.2 Å². The highest BCUT2D eigenvalue weighted by Crippen LogP contribution is 2.41. The fourth-order valence-corrected chi connectivity index (χ4v) is 2.99. The Morgan fingerprint density at radius 3 is 2.67 bits per heavy atom. The largest absolute Gasteiger partial charge is 0.391 e. The van der Waals surface area contributed by atoms with Crippen molar-refractivity contribution >= 4 is 0 Å².